The molecule has 0 radical (unpaired) electrons. The van der Waals surface area contributed by atoms with Gasteiger partial charge in [-0.3, -0.25) is 0 Å². The second kappa shape index (κ2) is 6.40. The summed E-state index contributed by atoms with van der Waals surface area (Å²) in [5.74, 6) is -0.205. The van der Waals surface area contributed by atoms with Crippen molar-refractivity contribution in [2.45, 2.75) is 12.5 Å². The van der Waals surface area contributed by atoms with Gasteiger partial charge in [-0.2, -0.15) is 0 Å². The molecule has 1 aliphatic heterocycles. The SMILES string of the molecule is C=Cc1cccc(CN2c3ccccc3C(C=O)c3ccccc32)c1. The van der Waals surface area contributed by atoms with Crippen molar-refractivity contribution in [2.75, 3.05) is 4.90 Å². The number of nitrogens with zero attached hydrogens (tertiary/aromatic N) is 1. The largest absolute Gasteiger partial charge is 0.336 e. The zero-order chi connectivity index (χ0) is 17.2. The summed E-state index contributed by atoms with van der Waals surface area (Å²) in [6, 6.07) is 24.8. The molecule has 0 N–H and O–H groups in total. The van der Waals surface area contributed by atoms with E-state index in [1.54, 1.807) is 0 Å². The van der Waals surface area contributed by atoms with Gasteiger partial charge >= 0.3 is 0 Å². The van der Waals surface area contributed by atoms with E-state index < -0.39 is 0 Å². The van der Waals surface area contributed by atoms with Gasteiger partial charge in [0.25, 0.3) is 0 Å². The highest BCUT2D eigenvalue weighted by Gasteiger charge is 2.29. The van der Waals surface area contributed by atoms with Gasteiger partial charge in [0.2, 0.25) is 0 Å². The molecule has 1 heterocycles. The van der Waals surface area contributed by atoms with E-state index in [1.165, 1.54) is 5.56 Å². The molecule has 3 aromatic carbocycles. The third kappa shape index (κ3) is 2.66. The molecule has 0 spiro atoms. The molecule has 0 saturated carbocycles. The number of hydrogen-bond donors (Lipinski definition) is 0. The molecule has 2 heteroatoms. The maximum absolute atomic E-state index is 11.8. The zero-order valence-electron chi connectivity index (χ0n) is 13.9. The van der Waals surface area contributed by atoms with Crippen molar-refractivity contribution in [2.24, 2.45) is 0 Å². The van der Waals surface area contributed by atoms with Gasteiger partial charge < -0.3 is 9.69 Å². The number of benzene rings is 3. The Morgan fingerprint density at radius 1 is 0.880 bits per heavy atom. The summed E-state index contributed by atoms with van der Waals surface area (Å²) in [4.78, 5) is 14.1. The van der Waals surface area contributed by atoms with Crippen LogP contribution in [-0.2, 0) is 11.3 Å². The Hall–Kier alpha value is -3.13. The van der Waals surface area contributed by atoms with Crippen LogP contribution in [0.4, 0.5) is 11.4 Å². The van der Waals surface area contributed by atoms with E-state index in [4.69, 9.17) is 0 Å². The van der Waals surface area contributed by atoms with Crippen LogP contribution in [0.15, 0.2) is 79.4 Å². The summed E-state index contributed by atoms with van der Waals surface area (Å²) in [5.41, 5.74) is 6.66. The molecule has 4 rings (SSSR count). The second-order valence-electron chi connectivity index (χ2n) is 6.27. The summed E-state index contributed by atoms with van der Waals surface area (Å²) in [7, 11) is 0. The minimum absolute atomic E-state index is 0.205. The summed E-state index contributed by atoms with van der Waals surface area (Å²) < 4.78 is 0. The van der Waals surface area contributed by atoms with E-state index in [0.717, 1.165) is 40.9 Å². The van der Waals surface area contributed by atoms with Crippen LogP contribution in [0.5, 0.6) is 0 Å². The molecular weight excluding hydrogens is 306 g/mol. The quantitative estimate of drug-likeness (QED) is 0.606. The van der Waals surface area contributed by atoms with Crippen LogP contribution < -0.4 is 4.90 Å². The van der Waals surface area contributed by atoms with Crippen LogP contribution in [0, 0.1) is 0 Å². The third-order valence-corrected chi connectivity index (χ3v) is 4.79. The summed E-state index contributed by atoms with van der Waals surface area (Å²) in [6.07, 6.45) is 2.91. The van der Waals surface area contributed by atoms with Crippen LogP contribution >= 0.6 is 0 Å². The Balaban J connectivity index is 1.85. The van der Waals surface area contributed by atoms with Crippen molar-refractivity contribution in [3.05, 3.63) is 102 Å². The molecule has 122 valence electrons. The lowest BCUT2D eigenvalue weighted by Gasteiger charge is -2.36. The smallest absolute Gasteiger partial charge is 0.132 e. The number of carbonyl (C=O) groups excluding carboxylic acids is 1. The van der Waals surface area contributed by atoms with E-state index >= 15 is 0 Å². The molecule has 0 bridgehead atoms. The average molecular weight is 325 g/mol. The molecular formula is C23H19NO. The topological polar surface area (TPSA) is 20.3 Å². The van der Waals surface area contributed by atoms with E-state index in [2.05, 4.69) is 60.0 Å². The first-order valence-electron chi connectivity index (χ1n) is 8.44. The Morgan fingerprint density at radius 2 is 1.52 bits per heavy atom. The van der Waals surface area contributed by atoms with Crippen molar-refractivity contribution < 1.29 is 4.79 Å². The molecule has 0 unspecified atom stereocenters. The number of rotatable bonds is 4. The lowest BCUT2D eigenvalue weighted by molar-refractivity contribution is -0.108. The standard InChI is InChI=1S/C23H19NO/c1-2-17-8-7-9-18(14-17)15-24-22-12-5-3-10-19(22)21(16-25)20-11-4-6-13-23(20)24/h2-14,16,21H,1,15H2. The number of hydrogen-bond acceptors (Lipinski definition) is 2. The summed E-state index contributed by atoms with van der Waals surface area (Å²) in [6.45, 7) is 4.61. The van der Waals surface area contributed by atoms with Crippen LogP contribution in [0.25, 0.3) is 6.08 Å². The van der Waals surface area contributed by atoms with Gasteiger partial charge in [-0.25, -0.2) is 0 Å². The minimum atomic E-state index is -0.205. The number of fused-ring (bicyclic) bond motifs is 2. The van der Waals surface area contributed by atoms with Gasteiger partial charge in [-0.1, -0.05) is 67.3 Å². The maximum atomic E-state index is 11.8. The van der Waals surface area contributed by atoms with E-state index in [0.29, 0.717) is 0 Å². The lowest BCUT2D eigenvalue weighted by atomic mass is 9.85. The summed E-state index contributed by atoms with van der Waals surface area (Å²) in [5, 5.41) is 0. The first kappa shape index (κ1) is 15.4. The van der Waals surface area contributed by atoms with Gasteiger partial charge in [-0.05, 0) is 40.5 Å². The first-order valence-corrected chi connectivity index (χ1v) is 8.44. The molecule has 0 fully saturated rings. The van der Waals surface area contributed by atoms with E-state index in [1.807, 2.05) is 30.3 Å². The van der Waals surface area contributed by atoms with Gasteiger partial charge in [0.15, 0.2) is 0 Å². The van der Waals surface area contributed by atoms with Crippen LogP contribution in [-0.4, -0.2) is 6.29 Å². The van der Waals surface area contributed by atoms with Crippen LogP contribution in [0.2, 0.25) is 0 Å². The van der Waals surface area contributed by atoms with Gasteiger partial charge in [0.05, 0.1) is 5.92 Å². The summed E-state index contributed by atoms with van der Waals surface area (Å²) >= 11 is 0. The van der Waals surface area contributed by atoms with Gasteiger partial charge in [-0.15, -0.1) is 0 Å². The third-order valence-electron chi connectivity index (χ3n) is 4.79. The molecule has 0 saturated heterocycles. The lowest BCUT2D eigenvalue weighted by Crippen LogP contribution is -2.25. The monoisotopic (exact) mass is 325 g/mol. The molecule has 25 heavy (non-hydrogen) atoms. The number of para-hydroxylation sites is 2. The Labute approximate surface area is 148 Å². The minimum Gasteiger partial charge on any atom is -0.336 e. The van der Waals surface area contributed by atoms with Crippen molar-refractivity contribution in [3.8, 4) is 0 Å². The van der Waals surface area contributed by atoms with Gasteiger partial charge in [0, 0.05) is 17.9 Å². The number of carbonyl (C=O) groups is 1. The Bertz CT molecular complexity index is 897. The van der Waals surface area contributed by atoms with Crippen LogP contribution in [0.3, 0.4) is 0 Å². The molecule has 0 atom stereocenters. The molecule has 0 amide bonds. The molecule has 2 nitrogen and oxygen atoms in total. The van der Waals surface area contributed by atoms with Gasteiger partial charge in [0.1, 0.15) is 6.29 Å². The van der Waals surface area contributed by atoms with Crippen LogP contribution in [0.1, 0.15) is 28.2 Å². The maximum Gasteiger partial charge on any atom is 0.132 e. The van der Waals surface area contributed by atoms with E-state index in [-0.39, 0.29) is 5.92 Å². The van der Waals surface area contributed by atoms with E-state index in [9.17, 15) is 4.79 Å². The second-order valence-corrected chi connectivity index (χ2v) is 6.27. The fourth-order valence-electron chi connectivity index (χ4n) is 3.61. The predicted molar refractivity (Wildman–Crippen MR) is 103 cm³/mol. The van der Waals surface area contributed by atoms with Crippen molar-refractivity contribution >= 4 is 23.7 Å². The van der Waals surface area contributed by atoms with Crippen molar-refractivity contribution in [1.82, 2.24) is 0 Å². The molecule has 3 aromatic rings. The first-order chi connectivity index (χ1) is 12.3. The molecule has 1 aliphatic rings. The average Bonchev–Trinajstić information content (AvgIpc) is 2.68. The Morgan fingerprint density at radius 3 is 2.12 bits per heavy atom. The highest BCUT2D eigenvalue weighted by molar-refractivity contribution is 5.85. The predicted octanol–water partition coefficient (Wildman–Crippen LogP) is 5.31. The number of anilines is 2. The van der Waals surface area contributed by atoms with Crippen molar-refractivity contribution in [1.29, 1.82) is 0 Å². The molecule has 0 aromatic heterocycles. The highest BCUT2D eigenvalue weighted by Crippen LogP contribution is 2.45. The fraction of sp³-hybridized carbons (Fsp3) is 0.0870. The Kier molecular flexibility index (Phi) is 3.95. The van der Waals surface area contributed by atoms with Crippen molar-refractivity contribution in [3.63, 3.8) is 0 Å². The number of aldehydes is 1. The molecule has 0 aliphatic carbocycles. The fourth-order valence-corrected chi connectivity index (χ4v) is 3.61. The highest BCUT2D eigenvalue weighted by atomic mass is 16.1. The normalized spacial score (nSPS) is 13.0. The zero-order valence-corrected chi connectivity index (χ0v) is 13.9.